The number of nitrogens with zero attached hydrogens (tertiary/aromatic N) is 1. The molecule has 0 aromatic heterocycles. The third-order valence-electron chi connectivity index (χ3n) is 4.35. The largest absolute Gasteiger partial charge is 0.460 e. The highest BCUT2D eigenvalue weighted by Gasteiger charge is 2.27. The Balaban J connectivity index is 2.90. The van der Waals surface area contributed by atoms with Crippen molar-refractivity contribution >= 4 is 40.8 Å². The van der Waals surface area contributed by atoms with Crippen LogP contribution in [0.1, 0.15) is 59.9 Å². The highest BCUT2D eigenvalue weighted by molar-refractivity contribution is 6.18. The van der Waals surface area contributed by atoms with Crippen LogP contribution in [0.5, 0.6) is 0 Å². The van der Waals surface area contributed by atoms with E-state index in [1.54, 1.807) is 0 Å². The number of esters is 2. The molecule has 1 rings (SSSR count). The van der Waals surface area contributed by atoms with Crippen molar-refractivity contribution in [2.45, 2.75) is 72.0 Å². The summed E-state index contributed by atoms with van der Waals surface area (Å²) < 4.78 is 11.0. The summed E-state index contributed by atoms with van der Waals surface area (Å²) >= 11 is 11.8. The van der Waals surface area contributed by atoms with Gasteiger partial charge in [0.15, 0.2) is 0 Å². The van der Waals surface area contributed by atoms with Gasteiger partial charge in [-0.05, 0) is 72.1 Å². The van der Waals surface area contributed by atoms with Gasteiger partial charge in [0.2, 0.25) is 0 Å². The zero-order valence-electron chi connectivity index (χ0n) is 19.7. The SMILES string of the molecule is CC(C)(C)OC(=O)CCC(Cc1ccc(N(CCCl)CCCl)cc1)C(=O)OC(C)(C)C. The smallest absolute Gasteiger partial charge is 0.309 e. The predicted octanol–water partition coefficient (Wildman–Crippen LogP) is 5.59. The van der Waals surface area contributed by atoms with E-state index in [-0.39, 0.29) is 18.4 Å². The van der Waals surface area contributed by atoms with Gasteiger partial charge in [-0.15, -0.1) is 23.2 Å². The average Bonchev–Trinajstić information content (AvgIpc) is 2.62. The number of benzene rings is 1. The summed E-state index contributed by atoms with van der Waals surface area (Å²) in [4.78, 5) is 27.1. The molecular formula is C24H37Cl2NO4. The lowest BCUT2D eigenvalue weighted by Gasteiger charge is -2.25. The van der Waals surface area contributed by atoms with E-state index in [4.69, 9.17) is 32.7 Å². The standard InChI is InChI=1S/C24H37Cl2NO4/c1-23(2,3)30-21(28)12-9-19(22(29)31-24(4,5)6)17-18-7-10-20(11-8-18)27(15-13-25)16-14-26/h7-8,10-11,19H,9,12-17H2,1-6H3. The van der Waals surface area contributed by atoms with E-state index in [2.05, 4.69) is 4.90 Å². The van der Waals surface area contributed by atoms with Crippen LogP contribution in [0.3, 0.4) is 0 Å². The lowest BCUT2D eigenvalue weighted by molar-refractivity contribution is -0.161. The molecule has 7 heteroatoms. The average molecular weight is 474 g/mol. The van der Waals surface area contributed by atoms with Gasteiger partial charge in [0.25, 0.3) is 0 Å². The molecule has 31 heavy (non-hydrogen) atoms. The summed E-state index contributed by atoms with van der Waals surface area (Å²) in [6, 6.07) is 8.01. The third-order valence-corrected chi connectivity index (χ3v) is 4.69. The molecule has 0 aliphatic rings. The summed E-state index contributed by atoms with van der Waals surface area (Å²) in [7, 11) is 0. The zero-order chi connectivity index (χ0) is 23.7. The first-order valence-corrected chi connectivity index (χ1v) is 11.8. The number of ether oxygens (including phenoxy) is 2. The van der Waals surface area contributed by atoms with E-state index >= 15 is 0 Å². The maximum absolute atomic E-state index is 12.8. The molecule has 0 heterocycles. The van der Waals surface area contributed by atoms with Crippen molar-refractivity contribution in [3.05, 3.63) is 29.8 Å². The number of rotatable bonds is 11. The molecular weight excluding hydrogens is 437 g/mol. The molecule has 1 aromatic carbocycles. The maximum atomic E-state index is 12.8. The second kappa shape index (κ2) is 12.5. The molecule has 1 aromatic rings. The Morgan fingerprint density at radius 2 is 1.42 bits per heavy atom. The molecule has 0 aliphatic carbocycles. The Bertz CT molecular complexity index is 687. The van der Waals surface area contributed by atoms with Crippen LogP contribution >= 0.6 is 23.2 Å². The minimum absolute atomic E-state index is 0.165. The highest BCUT2D eigenvalue weighted by Crippen LogP contribution is 2.23. The molecule has 0 fully saturated rings. The molecule has 0 radical (unpaired) electrons. The molecule has 0 aliphatic heterocycles. The lowest BCUT2D eigenvalue weighted by atomic mass is 9.94. The van der Waals surface area contributed by atoms with E-state index in [0.717, 1.165) is 11.3 Å². The summed E-state index contributed by atoms with van der Waals surface area (Å²) in [6.07, 6.45) is 1.03. The van der Waals surface area contributed by atoms with Crippen LogP contribution in [0.25, 0.3) is 0 Å². The Morgan fingerprint density at radius 1 is 0.903 bits per heavy atom. The van der Waals surface area contributed by atoms with Gasteiger partial charge in [0.05, 0.1) is 5.92 Å². The quantitative estimate of drug-likeness (QED) is 0.309. The number of alkyl halides is 2. The third kappa shape index (κ3) is 11.6. The molecule has 0 bridgehead atoms. The fraction of sp³-hybridized carbons (Fsp3) is 0.667. The number of carbonyl (C=O) groups excluding carboxylic acids is 2. The molecule has 0 amide bonds. The summed E-state index contributed by atoms with van der Waals surface area (Å²) in [5.41, 5.74) is 0.897. The molecule has 1 atom stereocenters. The van der Waals surface area contributed by atoms with Crippen LogP contribution < -0.4 is 4.90 Å². The minimum atomic E-state index is -0.589. The van der Waals surface area contributed by atoms with E-state index < -0.39 is 17.1 Å². The monoisotopic (exact) mass is 473 g/mol. The van der Waals surface area contributed by atoms with Crippen molar-refractivity contribution in [3.63, 3.8) is 0 Å². The van der Waals surface area contributed by atoms with Crippen LogP contribution in [0, 0.1) is 5.92 Å². The maximum Gasteiger partial charge on any atom is 0.309 e. The Hall–Kier alpha value is -1.46. The van der Waals surface area contributed by atoms with Crippen molar-refractivity contribution in [2.75, 3.05) is 29.7 Å². The second-order valence-electron chi connectivity index (χ2n) is 9.59. The first-order chi connectivity index (χ1) is 14.3. The Kier molecular flexibility index (Phi) is 11.2. The topological polar surface area (TPSA) is 55.8 Å². The van der Waals surface area contributed by atoms with Gasteiger partial charge in [0, 0.05) is 37.0 Å². The highest BCUT2D eigenvalue weighted by atomic mass is 35.5. The fourth-order valence-corrected chi connectivity index (χ4v) is 3.48. The first-order valence-electron chi connectivity index (χ1n) is 10.7. The second-order valence-corrected chi connectivity index (χ2v) is 10.3. The number of carbonyl (C=O) groups is 2. The van der Waals surface area contributed by atoms with Crippen LogP contribution in [-0.4, -0.2) is 48.0 Å². The molecule has 1 unspecified atom stereocenters. The molecule has 0 N–H and O–H groups in total. The Labute approximate surface area is 197 Å². The fourth-order valence-electron chi connectivity index (χ4n) is 3.07. The molecule has 5 nitrogen and oxygen atoms in total. The minimum Gasteiger partial charge on any atom is -0.460 e. The van der Waals surface area contributed by atoms with E-state index in [9.17, 15) is 9.59 Å². The molecule has 0 saturated carbocycles. The number of anilines is 1. The van der Waals surface area contributed by atoms with E-state index in [1.807, 2.05) is 65.8 Å². The van der Waals surface area contributed by atoms with Crippen molar-refractivity contribution in [2.24, 2.45) is 5.92 Å². The lowest BCUT2D eigenvalue weighted by Crippen LogP contribution is -2.31. The summed E-state index contributed by atoms with van der Waals surface area (Å²) in [6.45, 7) is 12.4. The summed E-state index contributed by atoms with van der Waals surface area (Å²) in [5, 5.41) is 0. The van der Waals surface area contributed by atoms with Gasteiger partial charge in [0.1, 0.15) is 11.2 Å². The van der Waals surface area contributed by atoms with Gasteiger partial charge in [-0.2, -0.15) is 0 Å². The van der Waals surface area contributed by atoms with Crippen molar-refractivity contribution < 1.29 is 19.1 Å². The van der Waals surface area contributed by atoms with Crippen LogP contribution in [0.4, 0.5) is 5.69 Å². The molecule has 0 saturated heterocycles. The van der Waals surface area contributed by atoms with Crippen LogP contribution in [0.2, 0.25) is 0 Å². The van der Waals surface area contributed by atoms with Crippen molar-refractivity contribution in [1.82, 2.24) is 0 Å². The van der Waals surface area contributed by atoms with Gasteiger partial charge < -0.3 is 14.4 Å². The van der Waals surface area contributed by atoms with Gasteiger partial charge in [-0.1, -0.05) is 12.1 Å². The normalized spacial score (nSPS) is 12.9. The number of hydrogen-bond acceptors (Lipinski definition) is 5. The van der Waals surface area contributed by atoms with E-state index in [1.165, 1.54) is 0 Å². The summed E-state index contributed by atoms with van der Waals surface area (Å²) in [5.74, 6) is -0.00626. The predicted molar refractivity (Wildman–Crippen MR) is 128 cm³/mol. The van der Waals surface area contributed by atoms with Crippen molar-refractivity contribution in [1.29, 1.82) is 0 Å². The van der Waals surface area contributed by atoms with Crippen LogP contribution in [0.15, 0.2) is 24.3 Å². The first kappa shape index (κ1) is 27.6. The van der Waals surface area contributed by atoms with Crippen LogP contribution in [-0.2, 0) is 25.5 Å². The zero-order valence-corrected chi connectivity index (χ0v) is 21.2. The number of halogens is 2. The van der Waals surface area contributed by atoms with Gasteiger partial charge in [-0.3, -0.25) is 9.59 Å². The van der Waals surface area contributed by atoms with Crippen molar-refractivity contribution in [3.8, 4) is 0 Å². The van der Waals surface area contributed by atoms with Gasteiger partial charge in [-0.25, -0.2) is 0 Å². The van der Waals surface area contributed by atoms with Gasteiger partial charge >= 0.3 is 11.9 Å². The Morgan fingerprint density at radius 3 is 1.87 bits per heavy atom. The van der Waals surface area contributed by atoms with E-state index in [0.29, 0.717) is 37.7 Å². The molecule has 0 spiro atoms. The molecule has 176 valence electrons. The number of hydrogen-bond donors (Lipinski definition) is 0.